The van der Waals surface area contributed by atoms with Crippen molar-refractivity contribution in [3.63, 3.8) is 0 Å². The maximum Gasteiger partial charge on any atom is 0.243 e. The van der Waals surface area contributed by atoms with E-state index in [0.717, 1.165) is 51.4 Å². The minimum atomic E-state index is -0.670. The second-order valence-corrected chi connectivity index (χ2v) is 6.71. The number of amides is 3. The largest absolute Gasteiger partial charge is 0.352 e. The Labute approximate surface area is 125 Å². The van der Waals surface area contributed by atoms with E-state index in [1.807, 2.05) is 0 Å². The van der Waals surface area contributed by atoms with E-state index in [9.17, 15) is 14.4 Å². The minimum absolute atomic E-state index is 0.126. The zero-order valence-corrected chi connectivity index (χ0v) is 12.6. The van der Waals surface area contributed by atoms with E-state index in [2.05, 4.69) is 5.32 Å². The van der Waals surface area contributed by atoms with Crippen molar-refractivity contribution >= 4 is 17.7 Å². The second-order valence-electron chi connectivity index (χ2n) is 6.71. The summed E-state index contributed by atoms with van der Waals surface area (Å²) in [7, 11) is 0. The average molecular weight is 292 g/mol. The third-order valence-electron chi connectivity index (χ3n) is 5.34. The minimum Gasteiger partial charge on any atom is -0.352 e. The number of nitrogens with one attached hydrogen (secondary N) is 1. The number of nitrogens with zero attached hydrogens (tertiary/aromatic N) is 1. The normalized spacial score (nSPS) is 31.4. The summed E-state index contributed by atoms with van der Waals surface area (Å²) in [5.74, 6) is -0.777. The zero-order valence-electron chi connectivity index (χ0n) is 12.6. The quantitative estimate of drug-likeness (QED) is 0.804. The molecule has 2 aliphatic carbocycles. The third-order valence-corrected chi connectivity index (χ3v) is 5.34. The van der Waals surface area contributed by atoms with Crippen molar-refractivity contribution in [2.45, 2.75) is 70.4 Å². The number of rotatable bonds is 3. The fourth-order valence-electron chi connectivity index (χ4n) is 4.08. The van der Waals surface area contributed by atoms with E-state index in [-0.39, 0.29) is 35.6 Å². The molecule has 1 heterocycles. The lowest BCUT2D eigenvalue weighted by molar-refractivity contribution is -0.147. The maximum atomic E-state index is 12.5. The van der Waals surface area contributed by atoms with Crippen molar-refractivity contribution in [2.24, 2.45) is 11.8 Å². The highest BCUT2D eigenvalue weighted by Crippen LogP contribution is 2.38. The first-order chi connectivity index (χ1) is 10.1. The molecule has 0 bridgehead atoms. The lowest BCUT2D eigenvalue weighted by Gasteiger charge is -2.24. The molecule has 21 heavy (non-hydrogen) atoms. The number of carbonyl (C=O) groups excluding carboxylic acids is 3. The molecule has 3 unspecified atom stereocenters. The Balaban J connectivity index is 1.68. The van der Waals surface area contributed by atoms with E-state index in [4.69, 9.17) is 0 Å². The fraction of sp³-hybridized carbons (Fsp3) is 0.812. The molecule has 3 rings (SSSR count). The summed E-state index contributed by atoms with van der Waals surface area (Å²) in [6.07, 6.45) is 7.91. The van der Waals surface area contributed by atoms with Crippen LogP contribution in [0, 0.1) is 11.8 Å². The van der Waals surface area contributed by atoms with Crippen molar-refractivity contribution in [3.05, 3.63) is 0 Å². The fourth-order valence-corrected chi connectivity index (χ4v) is 4.08. The topological polar surface area (TPSA) is 66.5 Å². The van der Waals surface area contributed by atoms with Gasteiger partial charge >= 0.3 is 0 Å². The Morgan fingerprint density at radius 1 is 1.00 bits per heavy atom. The molecule has 3 atom stereocenters. The van der Waals surface area contributed by atoms with Crippen LogP contribution in [0.15, 0.2) is 0 Å². The molecule has 1 N–H and O–H groups in total. The predicted octanol–water partition coefficient (Wildman–Crippen LogP) is 1.61. The summed E-state index contributed by atoms with van der Waals surface area (Å²) in [5, 5.41) is 2.99. The van der Waals surface area contributed by atoms with Crippen molar-refractivity contribution in [2.75, 3.05) is 0 Å². The molecule has 0 spiro atoms. The molecular formula is C16H24N2O3. The average Bonchev–Trinajstić information content (AvgIpc) is 3.07. The number of imide groups is 1. The summed E-state index contributed by atoms with van der Waals surface area (Å²) in [4.78, 5) is 38.5. The highest BCUT2D eigenvalue weighted by molar-refractivity contribution is 6.08. The van der Waals surface area contributed by atoms with Crippen LogP contribution in [0.4, 0.5) is 0 Å². The molecule has 3 amide bonds. The number of carbonyl (C=O) groups is 3. The monoisotopic (exact) mass is 292 g/mol. The Morgan fingerprint density at radius 2 is 1.48 bits per heavy atom. The van der Waals surface area contributed by atoms with Gasteiger partial charge in [-0.2, -0.15) is 0 Å². The van der Waals surface area contributed by atoms with Crippen LogP contribution < -0.4 is 5.32 Å². The summed E-state index contributed by atoms with van der Waals surface area (Å²) in [6, 6.07) is -0.453. The first-order valence-corrected chi connectivity index (χ1v) is 8.27. The van der Waals surface area contributed by atoms with Gasteiger partial charge in [-0.05, 0) is 32.6 Å². The van der Waals surface area contributed by atoms with Gasteiger partial charge in [-0.3, -0.25) is 19.3 Å². The highest BCUT2D eigenvalue weighted by Gasteiger charge is 2.50. The molecule has 0 aromatic rings. The molecule has 0 aromatic heterocycles. The van der Waals surface area contributed by atoms with Crippen molar-refractivity contribution in [1.29, 1.82) is 0 Å². The van der Waals surface area contributed by atoms with E-state index in [1.165, 1.54) is 4.90 Å². The first kappa shape index (κ1) is 14.5. The maximum absolute atomic E-state index is 12.5. The zero-order chi connectivity index (χ0) is 15.0. The summed E-state index contributed by atoms with van der Waals surface area (Å²) in [5.41, 5.74) is 0. The molecule has 1 aliphatic heterocycles. The lowest BCUT2D eigenvalue weighted by Crippen LogP contribution is -2.50. The van der Waals surface area contributed by atoms with Gasteiger partial charge in [-0.1, -0.05) is 25.7 Å². The Hall–Kier alpha value is -1.39. The van der Waals surface area contributed by atoms with Gasteiger partial charge < -0.3 is 5.32 Å². The Kier molecular flexibility index (Phi) is 4.00. The van der Waals surface area contributed by atoms with Gasteiger partial charge in [0.25, 0.3) is 0 Å². The van der Waals surface area contributed by atoms with Gasteiger partial charge in [0, 0.05) is 6.04 Å². The summed E-state index contributed by atoms with van der Waals surface area (Å²) in [6.45, 7) is 1.68. The smallest absolute Gasteiger partial charge is 0.243 e. The molecule has 5 nitrogen and oxygen atoms in total. The van der Waals surface area contributed by atoms with Gasteiger partial charge in [0.05, 0.1) is 11.8 Å². The van der Waals surface area contributed by atoms with Gasteiger partial charge in [0.1, 0.15) is 6.04 Å². The number of likely N-dealkylation sites (tertiary alicyclic amines) is 1. The number of hydrogen-bond acceptors (Lipinski definition) is 3. The van der Waals surface area contributed by atoms with E-state index < -0.39 is 6.04 Å². The van der Waals surface area contributed by atoms with Crippen LogP contribution in [0.2, 0.25) is 0 Å². The molecule has 5 heteroatoms. The molecule has 0 radical (unpaired) electrons. The molecule has 1 saturated heterocycles. The van der Waals surface area contributed by atoms with Crippen molar-refractivity contribution < 1.29 is 14.4 Å². The van der Waals surface area contributed by atoms with Crippen LogP contribution in [-0.4, -0.2) is 34.7 Å². The van der Waals surface area contributed by atoms with Crippen LogP contribution in [0.5, 0.6) is 0 Å². The van der Waals surface area contributed by atoms with Crippen LogP contribution in [0.3, 0.4) is 0 Å². The Bertz CT molecular complexity index is 432. The van der Waals surface area contributed by atoms with E-state index >= 15 is 0 Å². The highest BCUT2D eigenvalue weighted by atomic mass is 16.2. The third kappa shape index (κ3) is 2.58. The summed E-state index contributed by atoms with van der Waals surface area (Å²) >= 11 is 0. The van der Waals surface area contributed by atoms with Gasteiger partial charge in [-0.25, -0.2) is 0 Å². The van der Waals surface area contributed by atoms with E-state index in [1.54, 1.807) is 6.92 Å². The van der Waals surface area contributed by atoms with Gasteiger partial charge in [-0.15, -0.1) is 0 Å². The number of fused-ring (bicyclic) bond motifs is 1. The van der Waals surface area contributed by atoms with Crippen molar-refractivity contribution in [3.8, 4) is 0 Å². The molecule has 0 aromatic carbocycles. The van der Waals surface area contributed by atoms with Crippen LogP contribution in [0.25, 0.3) is 0 Å². The molecule has 3 aliphatic rings. The molecular weight excluding hydrogens is 268 g/mol. The molecule has 3 fully saturated rings. The van der Waals surface area contributed by atoms with Crippen LogP contribution >= 0.6 is 0 Å². The molecule has 2 saturated carbocycles. The van der Waals surface area contributed by atoms with Crippen LogP contribution in [-0.2, 0) is 14.4 Å². The number of hydrogen-bond donors (Lipinski definition) is 1. The van der Waals surface area contributed by atoms with Crippen molar-refractivity contribution in [1.82, 2.24) is 10.2 Å². The SMILES string of the molecule is CC(C(=O)NC1CCCC1)N1C(=O)C2CCCCC2C1=O. The lowest BCUT2D eigenvalue weighted by atomic mass is 9.81. The Morgan fingerprint density at radius 3 is 2.00 bits per heavy atom. The van der Waals surface area contributed by atoms with Gasteiger partial charge in [0.15, 0.2) is 0 Å². The van der Waals surface area contributed by atoms with Crippen LogP contribution in [0.1, 0.15) is 58.3 Å². The summed E-state index contributed by atoms with van der Waals surface area (Å²) < 4.78 is 0. The van der Waals surface area contributed by atoms with Gasteiger partial charge in [0.2, 0.25) is 17.7 Å². The first-order valence-electron chi connectivity index (χ1n) is 8.27. The standard InChI is InChI=1S/C16H24N2O3/c1-10(14(19)17-11-6-2-3-7-11)18-15(20)12-8-4-5-9-13(12)16(18)21/h10-13H,2-9H2,1H3,(H,17,19). The molecule has 116 valence electrons. The second kappa shape index (κ2) is 5.78. The predicted molar refractivity (Wildman–Crippen MR) is 77.2 cm³/mol. The van der Waals surface area contributed by atoms with E-state index in [0.29, 0.717) is 0 Å².